The topological polar surface area (TPSA) is 37.3 Å². The average Bonchev–Trinajstić information content (AvgIpc) is 3.04. The predicted molar refractivity (Wildman–Crippen MR) is 95.7 cm³/mol. The molecule has 0 aromatic heterocycles. The zero-order valence-corrected chi connectivity index (χ0v) is 14.1. The number of carboxylic acids is 1. The largest absolute Gasteiger partial charge is 0.478 e. The molecule has 0 bridgehead atoms. The Morgan fingerprint density at radius 1 is 1.22 bits per heavy atom. The Bertz CT molecular complexity index is 622. The summed E-state index contributed by atoms with van der Waals surface area (Å²) in [5.41, 5.74) is 4.09. The number of hydrogen-bond acceptors (Lipinski definition) is 1. The molecular formula is C21H26O2. The van der Waals surface area contributed by atoms with Crippen molar-refractivity contribution in [3.63, 3.8) is 0 Å². The number of carbonyl (C=O) groups is 1. The fourth-order valence-corrected chi connectivity index (χ4v) is 3.87. The summed E-state index contributed by atoms with van der Waals surface area (Å²) in [6.45, 7) is 12.3. The predicted octanol–water partition coefficient (Wildman–Crippen LogP) is 5.59. The monoisotopic (exact) mass is 310 g/mol. The van der Waals surface area contributed by atoms with Crippen LogP contribution in [-0.4, -0.2) is 11.1 Å². The lowest BCUT2D eigenvalue weighted by Crippen LogP contribution is -2.17. The molecule has 0 spiro atoms. The van der Waals surface area contributed by atoms with Crippen molar-refractivity contribution in [3.8, 4) is 0 Å². The van der Waals surface area contributed by atoms with E-state index in [1.54, 1.807) is 12.1 Å². The van der Waals surface area contributed by atoms with Gasteiger partial charge in [-0.3, -0.25) is 0 Å². The van der Waals surface area contributed by atoms with E-state index in [-0.39, 0.29) is 0 Å². The molecule has 0 saturated heterocycles. The Labute approximate surface area is 139 Å². The van der Waals surface area contributed by atoms with Crippen LogP contribution in [-0.2, 0) is 0 Å². The van der Waals surface area contributed by atoms with Gasteiger partial charge in [0, 0.05) is 0 Å². The third kappa shape index (κ3) is 3.64. The minimum absolute atomic E-state index is 0.345. The number of allylic oxidation sites excluding steroid dienone is 4. The van der Waals surface area contributed by atoms with Gasteiger partial charge in [0.2, 0.25) is 0 Å². The second-order valence-corrected chi connectivity index (χ2v) is 6.46. The van der Waals surface area contributed by atoms with E-state index in [2.05, 4.69) is 27.0 Å². The van der Waals surface area contributed by atoms with Gasteiger partial charge < -0.3 is 5.11 Å². The van der Waals surface area contributed by atoms with Crippen LogP contribution in [0.1, 0.15) is 54.9 Å². The van der Waals surface area contributed by atoms with Gasteiger partial charge in [0.05, 0.1) is 5.56 Å². The van der Waals surface area contributed by atoms with Gasteiger partial charge in [0.25, 0.3) is 0 Å². The third-order valence-electron chi connectivity index (χ3n) is 5.28. The summed E-state index contributed by atoms with van der Waals surface area (Å²) in [6, 6.07) is 7.33. The number of benzene rings is 1. The SMILES string of the molecule is C=C/C(C)=C(\C=C)C1CCCC1C(C)c1ccc(C(=O)O)cc1. The van der Waals surface area contributed by atoms with Gasteiger partial charge in [-0.1, -0.05) is 50.8 Å². The van der Waals surface area contributed by atoms with Gasteiger partial charge in [0.1, 0.15) is 0 Å². The fourth-order valence-electron chi connectivity index (χ4n) is 3.87. The summed E-state index contributed by atoms with van der Waals surface area (Å²) in [6.07, 6.45) is 7.52. The Morgan fingerprint density at radius 2 is 1.87 bits per heavy atom. The second kappa shape index (κ2) is 7.45. The van der Waals surface area contributed by atoms with Crippen LogP contribution in [0, 0.1) is 11.8 Å². The summed E-state index contributed by atoms with van der Waals surface area (Å²) in [5.74, 6) is 0.604. The molecule has 1 aliphatic rings. The molecule has 122 valence electrons. The van der Waals surface area contributed by atoms with Crippen LogP contribution in [0.15, 0.2) is 60.7 Å². The summed E-state index contributed by atoms with van der Waals surface area (Å²) in [4.78, 5) is 11.0. The van der Waals surface area contributed by atoms with Crippen LogP contribution in [0.25, 0.3) is 0 Å². The molecule has 3 atom stereocenters. The van der Waals surface area contributed by atoms with Gasteiger partial charge in [-0.05, 0) is 66.4 Å². The lowest BCUT2D eigenvalue weighted by molar-refractivity contribution is 0.0697. The lowest BCUT2D eigenvalue weighted by atomic mass is 9.76. The molecule has 0 aliphatic heterocycles. The van der Waals surface area contributed by atoms with Crippen molar-refractivity contribution in [2.24, 2.45) is 11.8 Å². The number of rotatable bonds is 6. The molecule has 23 heavy (non-hydrogen) atoms. The highest BCUT2D eigenvalue weighted by molar-refractivity contribution is 5.87. The zero-order valence-electron chi connectivity index (χ0n) is 14.1. The van der Waals surface area contributed by atoms with E-state index >= 15 is 0 Å². The van der Waals surface area contributed by atoms with Crippen LogP contribution in [0.4, 0.5) is 0 Å². The Hall–Kier alpha value is -2.09. The van der Waals surface area contributed by atoms with Crippen molar-refractivity contribution in [2.75, 3.05) is 0 Å². The number of aromatic carboxylic acids is 1. The molecule has 2 heteroatoms. The second-order valence-electron chi connectivity index (χ2n) is 6.46. The maximum Gasteiger partial charge on any atom is 0.335 e. The van der Waals surface area contributed by atoms with Crippen molar-refractivity contribution in [3.05, 3.63) is 71.8 Å². The van der Waals surface area contributed by atoms with E-state index in [1.165, 1.54) is 36.0 Å². The van der Waals surface area contributed by atoms with Gasteiger partial charge in [-0.15, -0.1) is 0 Å². The molecule has 2 nitrogen and oxygen atoms in total. The normalized spacial score (nSPS) is 23.0. The third-order valence-corrected chi connectivity index (χ3v) is 5.28. The first-order chi connectivity index (χ1) is 11.0. The van der Waals surface area contributed by atoms with Crippen molar-refractivity contribution >= 4 is 5.97 Å². The molecular weight excluding hydrogens is 284 g/mol. The van der Waals surface area contributed by atoms with Crippen LogP contribution < -0.4 is 0 Å². The maximum atomic E-state index is 11.0. The Morgan fingerprint density at radius 3 is 2.39 bits per heavy atom. The molecule has 0 radical (unpaired) electrons. The standard InChI is InChI=1S/C21H26O2/c1-5-14(3)18(6-2)20-9-7-8-19(20)15(4)16-10-12-17(13-11-16)21(22)23/h5-6,10-13,15,19-20H,1-2,7-9H2,3-4H3,(H,22,23)/b18-14+. The summed E-state index contributed by atoms with van der Waals surface area (Å²) >= 11 is 0. The van der Waals surface area contributed by atoms with E-state index in [0.29, 0.717) is 23.3 Å². The molecule has 3 unspecified atom stereocenters. The molecule has 0 amide bonds. The van der Waals surface area contributed by atoms with E-state index in [0.717, 1.165) is 0 Å². The highest BCUT2D eigenvalue weighted by Gasteiger charge is 2.34. The number of carboxylic acid groups (broad SMARTS) is 1. The molecule has 1 aromatic rings. The first kappa shape index (κ1) is 17.3. The van der Waals surface area contributed by atoms with E-state index in [9.17, 15) is 4.79 Å². The summed E-state index contributed by atoms with van der Waals surface area (Å²) < 4.78 is 0. The molecule has 0 heterocycles. The van der Waals surface area contributed by atoms with Gasteiger partial charge >= 0.3 is 5.97 Å². The van der Waals surface area contributed by atoms with Crippen LogP contribution in [0.2, 0.25) is 0 Å². The lowest BCUT2D eigenvalue weighted by Gasteiger charge is -2.28. The van der Waals surface area contributed by atoms with E-state index in [1.807, 2.05) is 24.3 Å². The Balaban J connectivity index is 2.26. The maximum absolute atomic E-state index is 11.0. The van der Waals surface area contributed by atoms with Gasteiger partial charge in [-0.2, -0.15) is 0 Å². The van der Waals surface area contributed by atoms with Crippen LogP contribution in [0.3, 0.4) is 0 Å². The Kier molecular flexibility index (Phi) is 5.59. The summed E-state index contributed by atoms with van der Waals surface area (Å²) in [7, 11) is 0. The molecule has 1 N–H and O–H groups in total. The van der Waals surface area contributed by atoms with Crippen molar-refractivity contribution in [1.29, 1.82) is 0 Å². The fraction of sp³-hybridized carbons (Fsp3) is 0.381. The zero-order chi connectivity index (χ0) is 17.0. The van der Waals surface area contributed by atoms with Crippen LogP contribution in [0.5, 0.6) is 0 Å². The van der Waals surface area contributed by atoms with Gasteiger partial charge in [0.15, 0.2) is 0 Å². The summed E-state index contributed by atoms with van der Waals surface area (Å²) in [5, 5.41) is 9.03. The minimum Gasteiger partial charge on any atom is -0.478 e. The van der Waals surface area contributed by atoms with Crippen molar-refractivity contribution in [1.82, 2.24) is 0 Å². The first-order valence-electron chi connectivity index (χ1n) is 8.28. The highest BCUT2D eigenvalue weighted by Crippen LogP contribution is 2.45. The van der Waals surface area contributed by atoms with E-state index in [4.69, 9.17) is 5.11 Å². The van der Waals surface area contributed by atoms with Crippen molar-refractivity contribution in [2.45, 2.75) is 39.0 Å². The molecule has 2 rings (SSSR count). The minimum atomic E-state index is -0.874. The number of hydrogen-bond donors (Lipinski definition) is 1. The molecule has 1 fully saturated rings. The smallest absolute Gasteiger partial charge is 0.335 e. The quantitative estimate of drug-likeness (QED) is 0.695. The molecule has 1 aliphatic carbocycles. The van der Waals surface area contributed by atoms with Crippen LogP contribution >= 0.6 is 0 Å². The first-order valence-corrected chi connectivity index (χ1v) is 8.28. The average molecular weight is 310 g/mol. The van der Waals surface area contributed by atoms with Crippen molar-refractivity contribution < 1.29 is 9.90 Å². The molecule has 1 saturated carbocycles. The molecule has 1 aromatic carbocycles. The highest BCUT2D eigenvalue weighted by atomic mass is 16.4. The van der Waals surface area contributed by atoms with Gasteiger partial charge in [-0.25, -0.2) is 4.79 Å². The van der Waals surface area contributed by atoms with E-state index < -0.39 is 5.97 Å².